The second-order valence-corrected chi connectivity index (χ2v) is 8.26. The lowest BCUT2D eigenvalue weighted by Crippen LogP contribution is -2.48. The highest BCUT2D eigenvalue weighted by atomic mass is 32.2. The maximum absolute atomic E-state index is 11.5. The van der Waals surface area contributed by atoms with Crippen LogP contribution in [0.4, 0.5) is 0 Å². The van der Waals surface area contributed by atoms with Crippen molar-refractivity contribution >= 4 is 20.9 Å². The lowest BCUT2D eigenvalue weighted by Gasteiger charge is -2.42. The van der Waals surface area contributed by atoms with E-state index in [1.165, 1.54) is 28.4 Å². The molecule has 5 nitrogen and oxygen atoms in total. The molecule has 1 aromatic heterocycles. The van der Waals surface area contributed by atoms with Gasteiger partial charge in [0.2, 0.25) is 10.0 Å². The molecule has 0 amide bonds. The number of nitrogens with zero attached hydrogens (tertiary/aromatic N) is 1. The Hall–Kier alpha value is -1.37. The smallest absolute Gasteiger partial charge is 0.208 e. The van der Waals surface area contributed by atoms with Crippen LogP contribution < -0.4 is 4.72 Å². The van der Waals surface area contributed by atoms with Crippen LogP contribution in [0.5, 0.6) is 0 Å². The Kier molecular flexibility index (Phi) is 3.29. The van der Waals surface area contributed by atoms with Crippen molar-refractivity contribution in [2.24, 2.45) is 0 Å². The summed E-state index contributed by atoms with van der Waals surface area (Å²) >= 11 is 0. The minimum Gasteiger partial charge on any atom is -0.357 e. The van der Waals surface area contributed by atoms with Crippen molar-refractivity contribution in [3.8, 4) is 0 Å². The zero-order valence-electron chi connectivity index (χ0n) is 12.7. The van der Waals surface area contributed by atoms with Gasteiger partial charge in [0.25, 0.3) is 0 Å². The van der Waals surface area contributed by atoms with E-state index >= 15 is 0 Å². The minimum atomic E-state index is -3.14. The van der Waals surface area contributed by atoms with Gasteiger partial charge in [-0.25, -0.2) is 13.1 Å². The maximum Gasteiger partial charge on any atom is 0.208 e. The zero-order valence-corrected chi connectivity index (χ0v) is 13.5. The van der Waals surface area contributed by atoms with Crippen LogP contribution in [-0.4, -0.2) is 43.7 Å². The van der Waals surface area contributed by atoms with Gasteiger partial charge in [0.1, 0.15) is 0 Å². The second kappa shape index (κ2) is 5.08. The summed E-state index contributed by atoms with van der Waals surface area (Å²) in [5.74, 6) is 0. The molecule has 0 aliphatic carbocycles. The molecule has 0 radical (unpaired) electrons. The molecule has 4 rings (SSSR count). The summed E-state index contributed by atoms with van der Waals surface area (Å²) in [5, 5.41) is 1.32. The monoisotopic (exact) mass is 319 g/mol. The molecule has 1 fully saturated rings. The van der Waals surface area contributed by atoms with Crippen molar-refractivity contribution < 1.29 is 8.42 Å². The Morgan fingerprint density at radius 3 is 2.91 bits per heavy atom. The molecule has 0 spiro atoms. The van der Waals surface area contributed by atoms with Gasteiger partial charge in [0, 0.05) is 35.7 Å². The number of sulfonamides is 1. The van der Waals surface area contributed by atoms with E-state index in [1.807, 2.05) is 0 Å². The molecule has 0 bridgehead atoms. The number of rotatable bonds is 2. The molecule has 6 heteroatoms. The lowest BCUT2D eigenvalue weighted by molar-refractivity contribution is 0.120. The first-order chi connectivity index (χ1) is 10.5. The molecule has 1 saturated heterocycles. The van der Waals surface area contributed by atoms with Gasteiger partial charge < -0.3 is 4.98 Å². The highest BCUT2D eigenvalue weighted by Crippen LogP contribution is 2.39. The predicted molar refractivity (Wildman–Crippen MR) is 87.3 cm³/mol. The van der Waals surface area contributed by atoms with Gasteiger partial charge in [0.15, 0.2) is 0 Å². The molecule has 2 atom stereocenters. The first-order valence-corrected chi connectivity index (χ1v) is 9.71. The highest BCUT2D eigenvalue weighted by Gasteiger charge is 2.36. The van der Waals surface area contributed by atoms with Crippen molar-refractivity contribution in [2.75, 3.05) is 19.3 Å². The molecular weight excluding hydrogens is 298 g/mol. The third-order valence-corrected chi connectivity index (χ3v) is 5.68. The van der Waals surface area contributed by atoms with E-state index in [9.17, 15) is 8.42 Å². The summed E-state index contributed by atoms with van der Waals surface area (Å²) in [7, 11) is -3.14. The van der Waals surface area contributed by atoms with Crippen LogP contribution in [0.15, 0.2) is 24.3 Å². The standard InChI is InChI=1S/C16H21N3O2S/c1-22(20,21)18-11-6-8-19-9-7-13-12-4-2-3-5-14(12)17-16(13)15(19)10-11/h2-5,11,15,17-18H,6-10H2,1H3. The molecule has 22 heavy (non-hydrogen) atoms. The molecule has 2 aromatic rings. The van der Waals surface area contributed by atoms with Crippen LogP contribution in [0, 0.1) is 0 Å². The number of hydrogen-bond donors (Lipinski definition) is 2. The third-order valence-electron chi connectivity index (χ3n) is 4.92. The Balaban J connectivity index is 1.69. The summed E-state index contributed by atoms with van der Waals surface area (Å²) in [4.78, 5) is 6.06. The number of nitrogens with one attached hydrogen (secondary N) is 2. The fourth-order valence-corrected chi connectivity index (χ4v) is 4.84. The molecule has 2 aliphatic heterocycles. The fourth-order valence-electron chi connectivity index (χ4n) is 4.02. The quantitative estimate of drug-likeness (QED) is 0.887. The van der Waals surface area contributed by atoms with E-state index in [1.54, 1.807) is 0 Å². The van der Waals surface area contributed by atoms with E-state index < -0.39 is 10.0 Å². The number of aromatic amines is 1. The van der Waals surface area contributed by atoms with E-state index in [0.717, 1.165) is 32.4 Å². The highest BCUT2D eigenvalue weighted by molar-refractivity contribution is 7.88. The normalized spacial score (nSPS) is 25.9. The van der Waals surface area contributed by atoms with Crippen molar-refractivity contribution in [2.45, 2.75) is 31.3 Å². The van der Waals surface area contributed by atoms with E-state index in [2.05, 4.69) is 38.9 Å². The fraction of sp³-hybridized carbons (Fsp3) is 0.500. The maximum atomic E-state index is 11.5. The minimum absolute atomic E-state index is 0.0358. The van der Waals surface area contributed by atoms with E-state index in [4.69, 9.17) is 0 Å². The summed E-state index contributed by atoms with van der Waals surface area (Å²) in [6.45, 7) is 2.01. The van der Waals surface area contributed by atoms with Crippen molar-refractivity contribution in [3.05, 3.63) is 35.5 Å². The van der Waals surface area contributed by atoms with Crippen LogP contribution in [-0.2, 0) is 16.4 Å². The van der Waals surface area contributed by atoms with Crippen molar-refractivity contribution in [3.63, 3.8) is 0 Å². The Morgan fingerprint density at radius 2 is 2.09 bits per heavy atom. The first kappa shape index (κ1) is 14.2. The Labute approximate surface area is 130 Å². The number of fused-ring (bicyclic) bond motifs is 5. The van der Waals surface area contributed by atoms with Crippen LogP contribution in [0.2, 0.25) is 0 Å². The Bertz CT molecular complexity index is 812. The van der Waals surface area contributed by atoms with Crippen molar-refractivity contribution in [1.29, 1.82) is 0 Å². The molecule has 2 N–H and O–H groups in total. The van der Waals surface area contributed by atoms with Gasteiger partial charge in [-0.2, -0.15) is 0 Å². The number of piperidine rings is 1. The molecule has 2 unspecified atom stereocenters. The van der Waals surface area contributed by atoms with Gasteiger partial charge >= 0.3 is 0 Å². The molecule has 2 aliphatic rings. The summed E-state index contributed by atoms with van der Waals surface area (Å²) in [6.07, 6.45) is 4.04. The summed E-state index contributed by atoms with van der Waals surface area (Å²) < 4.78 is 25.8. The number of hydrogen-bond acceptors (Lipinski definition) is 3. The molecule has 0 saturated carbocycles. The second-order valence-electron chi connectivity index (χ2n) is 6.48. The van der Waals surface area contributed by atoms with Crippen LogP contribution >= 0.6 is 0 Å². The van der Waals surface area contributed by atoms with Crippen molar-refractivity contribution in [1.82, 2.24) is 14.6 Å². The van der Waals surface area contributed by atoms with Crippen LogP contribution in [0.25, 0.3) is 10.9 Å². The number of para-hydroxylation sites is 1. The number of aromatic nitrogens is 1. The number of H-pyrrole nitrogens is 1. The molecule has 1 aromatic carbocycles. The average molecular weight is 319 g/mol. The molecular formula is C16H21N3O2S. The van der Waals surface area contributed by atoms with E-state index in [-0.39, 0.29) is 6.04 Å². The largest absolute Gasteiger partial charge is 0.357 e. The van der Waals surface area contributed by atoms with E-state index in [0.29, 0.717) is 6.04 Å². The summed E-state index contributed by atoms with van der Waals surface area (Å²) in [6, 6.07) is 8.76. The predicted octanol–water partition coefficient (Wildman–Crippen LogP) is 1.78. The molecule has 118 valence electrons. The van der Waals surface area contributed by atoms with Crippen LogP contribution in [0.1, 0.15) is 30.1 Å². The average Bonchev–Trinajstić information content (AvgIpc) is 2.84. The van der Waals surface area contributed by atoms with Gasteiger partial charge in [-0.15, -0.1) is 0 Å². The van der Waals surface area contributed by atoms with Gasteiger partial charge in [0.05, 0.1) is 12.3 Å². The van der Waals surface area contributed by atoms with Gasteiger partial charge in [-0.1, -0.05) is 18.2 Å². The topological polar surface area (TPSA) is 65.2 Å². The van der Waals surface area contributed by atoms with Crippen LogP contribution in [0.3, 0.4) is 0 Å². The SMILES string of the molecule is CS(=O)(=O)NC1CCN2CCc3c([nH]c4ccccc34)C2C1. The van der Waals surface area contributed by atoms with Gasteiger partial charge in [-0.3, -0.25) is 4.90 Å². The Morgan fingerprint density at radius 1 is 1.27 bits per heavy atom. The summed E-state index contributed by atoms with van der Waals surface area (Å²) in [5.41, 5.74) is 3.89. The third kappa shape index (κ3) is 2.45. The lowest BCUT2D eigenvalue weighted by atomic mass is 9.89. The first-order valence-electron chi connectivity index (χ1n) is 7.82. The van der Waals surface area contributed by atoms with Gasteiger partial charge in [-0.05, 0) is 30.9 Å². The number of benzene rings is 1. The zero-order chi connectivity index (χ0) is 15.3. The molecule has 3 heterocycles.